The molecule has 0 N–H and O–H groups in total. The first kappa shape index (κ1) is 14.6. The maximum atomic E-state index is 12.4. The first-order chi connectivity index (χ1) is 9.69. The molecule has 6 nitrogen and oxygen atoms in total. The molecule has 2 rings (SSSR count). The summed E-state index contributed by atoms with van der Waals surface area (Å²) in [6, 6.07) is -0.397. The average molecular weight is 279 g/mol. The third-order valence-electron chi connectivity index (χ3n) is 3.61. The van der Waals surface area contributed by atoms with Gasteiger partial charge in [0.1, 0.15) is 6.04 Å². The summed E-state index contributed by atoms with van der Waals surface area (Å²) in [4.78, 5) is 30.3. The van der Waals surface area contributed by atoms with E-state index in [2.05, 4.69) is 4.98 Å². The minimum Gasteiger partial charge on any atom is -0.467 e. The van der Waals surface area contributed by atoms with Gasteiger partial charge in [-0.15, -0.1) is 0 Å². The predicted octanol–water partition coefficient (Wildman–Crippen LogP) is 1.19. The van der Waals surface area contributed by atoms with Crippen LogP contribution in [0.5, 0.6) is 0 Å². The number of carbonyl (C=O) groups excluding carboxylic acids is 1. The number of carbonyl (C=O) groups is 1. The van der Waals surface area contributed by atoms with Crippen molar-refractivity contribution in [3.63, 3.8) is 0 Å². The van der Waals surface area contributed by atoms with Crippen molar-refractivity contribution < 1.29 is 9.53 Å². The molecule has 0 aliphatic carbocycles. The van der Waals surface area contributed by atoms with Crippen LogP contribution in [0.25, 0.3) is 0 Å². The van der Waals surface area contributed by atoms with Crippen LogP contribution < -0.4 is 10.5 Å². The molecule has 0 spiro atoms. The number of rotatable bonds is 4. The highest BCUT2D eigenvalue weighted by molar-refractivity contribution is 5.79. The zero-order valence-corrected chi connectivity index (χ0v) is 12.0. The van der Waals surface area contributed by atoms with Gasteiger partial charge in [0.15, 0.2) is 5.82 Å². The molecule has 0 saturated carbocycles. The summed E-state index contributed by atoms with van der Waals surface area (Å²) in [6.45, 7) is 3.34. The van der Waals surface area contributed by atoms with Crippen LogP contribution in [0.3, 0.4) is 0 Å². The van der Waals surface area contributed by atoms with Crippen LogP contribution in [0.15, 0.2) is 17.2 Å². The van der Waals surface area contributed by atoms with Gasteiger partial charge in [0.05, 0.1) is 7.11 Å². The third-order valence-corrected chi connectivity index (χ3v) is 3.61. The van der Waals surface area contributed by atoms with E-state index in [4.69, 9.17) is 4.74 Å². The van der Waals surface area contributed by atoms with E-state index in [1.165, 1.54) is 7.11 Å². The third kappa shape index (κ3) is 2.84. The number of esters is 1. The Hall–Kier alpha value is -1.85. The summed E-state index contributed by atoms with van der Waals surface area (Å²) < 4.78 is 6.49. The number of aromatic nitrogens is 2. The Kier molecular flexibility index (Phi) is 4.76. The fourth-order valence-electron chi connectivity index (χ4n) is 2.62. The van der Waals surface area contributed by atoms with Gasteiger partial charge < -0.3 is 14.2 Å². The van der Waals surface area contributed by atoms with Gasteiger partial charge in [0, 0.05) is 25.5 Å². The largest absolute Gasteiger partial charge is 0.467 e. The van der Waals surface area contributed by atoms with Crippen molar-refractivity contribution in [3.8, 4) is 0 Å². The maximum absolute atomic E-state index is 12.4. The van der Waals surface area contributed by atoms with E-state index in [9.17, 15) is 9.59 Å². The second-order valence-corrected chi connectivity index (χ2v) is 4.98. The smallest absolute Gasteiger partial charge is 0.328 e. The number of methoxy groups -OCH3 is 1. The fraction of sp³-hybridized carbons (Fsp3) is 0.643. The summed E-state index contributed by atoms with van der Waals surface area (Å²) in [6.07, 6.45) is 6.81. The summed E-state index contributed by atoms with van der Waals surface area (Å²) >= 11 is 0. The molecule has 1 aromatic rings. The molecule has 1 saturated heterocycles. The van der Waals surface area contributed by atoms with Gasteiger partial charge in [-0.2, -0.15) is 0 Å². The first-order valence-electron chi connectivity index (χ1n) is 7.09. The Morgan fingerprint density at radius 1 is 1.50 bits per heavy atom. The van der Waals surface area contributed by atoms with Gasteiger partial charge in [0.2, 0.25) is 0 Å². The van der Waals surface area contributed by atoms with Crippen molar-refractivity contribution in [3.05, 3.63) is 22.7 Å². The van der Waals surface area contributed by atoms with E-state index in [0.717, 1.165) is 19.3 Å². The van der Waals surface area contributed by atoms with Crippen LogP contribution in [-0.2, 0) is 16.1 Å². The van der Waals surface area contributed by atoms with Crippen LogP contribution in [-0.4, -0.2) is 35.2 Å². The van der Waals surface area contributed by atoms with Gasteiger partial charge >= 0.3 is 5.97 Å². The molecule has 0 bridgehead atoms. The number of ether oxygens (including phenoxy) is 1. The monoisotopic (exact) mass is 279 g/mol. The number of anilines is 1. The molecule has 2 heterocycles. The molecule has 110 valence electrons. The molecule has 1 aliphatic rings. The number of hydrogen-bond donors (Lipinski definition) is 0. The van der Waals surface area contributed by atoms with E-state index in [0.29, 0.717) is 25.3 Å². The zero-order valence-electron chi connectivity index (χ0n) is 12.0. The molecule has 1 fully saturated rings. The lowest BCUT2D eigenvalue weighted by Gasteiger charge is -2.34. The van der Waals surface area contributed by atoms with Crippen LogP contribution in [0.1, 0.15) is 32.6 Å². The van der Waals surface area contributed by atoms with Gasteiger partial charge in [-0.1, -0.05) is 6.92 Å². The van der Waals surface area contributed by atoms with Crippen molar-refractivity contribution in [2.24, 2.45) is 0 Å². The Balaban J connectivity index is 2.35. The van der Waals surface area contributed by atoms with Gasteiger partial charge in [0.25, 0.3) is 5.56 Å². The molecule has 1 aliphatic heterocycles. The van der Waals surface area contributed by atoms with Gasteiger partial charge in [-0.05, 0) is 25.7 Å². The van der Waals surface area contributed by atoms with E-state index in [1.54, 1.807) is 21.9 Å². The van der Waals surface area contributed by atoms with Crippen molar-refractivity contribution >= 4 is 11.8 Å². The van der Waals surface area contributed by atoms with Gasteiger partial charge in [-0.25, -0.2) is 9.78 Å². The molecule has 1 atom stereocenters. The molecule has 1 unspecified atom stereocenters. The standard InChI is InChI=1S/C14H21N3O3/c1-3-8-16-10-7-15-12(13(16)18)17-9-5-4-6-11(17)14(19)20-2/h7,10-11H,3-6,8-9H2,1-2H3. The normalized spacial score (nSPS) is 18.9. The van der Waals surface area contributed by atoms with Crippen LogP contribution in [0.2, 0.25) is 0 Å². The highest BCUT2D eigenvalue weighted by Crippen LogP contribution is 2.21. The Morgan fingerprint density at radius 3 is 3.00 bits per heavy atom. The SMILES string of the molecule is CCCn1ccnc(N2CCCCC2C(=O)OC)c1=O. The lowest BCUT2D eigenvalue weighted by molar-refractivity contribution is -0.142. The van der Waals surface area contributed by atoms with Crippen molar-refractivity contribution in [1.29, 1.82) is 0 Å². The summed E-state index contributed by atoms with van der Waals surface area (Å²) in [5.41, 5.74) is -0.134. The molecule has 0 radical (unpaired) electrons. The second kappa shape index (κ2) is 6.54. The number of nitrogens with zero attached hydrogens (tertiary/aromatic N) is 3. The van der Waals surface area contributed by atoms with E-state index in [1.807, 2.05) is 6.92 Å². The lowest BCUT2D eigenvalue weighted by Crippen LogP contribution is -2.48. The van der Waals surface area contributed by atoms with Crippen LogP contribution >= 0.6 is 0 Å². The van der Waals surface area contributed by atoms with Crippen LogP contribution in [0, 0.1) is 0 Å². The minimum absolute atomic E-state index is 0.134. The second-order valence-electron chi connectivity index (χ2n) is 4.98. The topological polar surface area (TPSA) is 64.4 Å². The van der Waals surface area contributed by atoms with E-state index in [-0.39, 0.29) is 11.5 Å². The minimum atomic E-state index is -0.397. The molecule has 1 aromatic heterocycles. The number of hydrogen-bond acceptors (Lipinski definition) is 5. The van der Waals surface area contributed by atoms with Gasteiger partial charge in [-0.3, -0.25) is 4.79 Å². The quantitative estimate of drug-likeness (QED) is 0.775. The Morgan fingerprint density at radius 2 is 2.30 bits per heavy atom. The molecule has 0 amide bonds. The maximum Gasteiger partial charge on any atom is 0.328 e. The zero-order chi connectivity index (χ0) is 14.5. The summed E-state index contributed by atoms with van der Waals surface area (Å²) in [5.74, 6) is 0.0628. The molecular weight excluding hydrogens is 258 g/mol. The summed E-state index contributed by atoms with van der Waals surface area (Å²) in [5, 5.41) is 0. The predicted molar refractivity (Wildman–Crippen MR) is 75.8 cm³/mol. The lowest BCUT2D eigenvalue weighted by atomic mass is 10.0. The number of piperidine rings is 1. The molecule has 0 aromatic carbocycles. The van der Waals surface area contributed by atoms with Crippen molar-refractivity contribution in [1.82, 2.24) is 9.55 Å². The van der Waals surface area contributed by atoms with E-state index < -0.39 is 6.04 Å². The Bertz CT molecular complexity index is 527. The van der Waals surface area contributed by atoms with Crippen molar-refractivity contribution in [2.45, 2.75) is 45.2 Å². The Labute approximate surface area is 118 Å². The fourth-order valence-corrected chi connectivity index (χ4v) is 2.62. The average Bonchev–Trinajstić information content (AvgIpc) is 2.49. The van der Waals surface area contributed by atoms with Crippen LogP contribution in [0.4, 0.5) is 5.82 Å². The highest BCUT2D eigenvalue weighted by Gasteiger charge is 2.32. The molecule has 6 heteroatoms. The number of aryl methyl sites for hydroxylation is 1. The highest BCUT2D eigenvalue weighted by atomic mass is 16.5. The van der Waals surface area contributed by atoms with Crippen molar-refractivity contribution in [2.75, 3.05) is 18.6 Å². The molecular formula is C14H21N3O3. The summed E-state index contributed by atoms with van der Waals surface area (Å²) in [7, 11) is 1.38. The molecule has 20 heavy (non-hydrogen) atoms. The first-order valence-corrected chi connectivity index (χ1v) is 7.09. The van der Waals surface area contributed by atoms with E-state index >= 15 is 0 Å².